The Hall–Kier alpha value is -1.51. The Kier molecular flexibility index (Phi) is 4.07. The number of aryl methyl sites for hydroxylation is 1. The van der Waals surface area contributed by atoms with Gasteiger partial charge in [0.25, 0.3) is 0 Å². The van der Waals surface area contributed by atoms with Crippen molar-refractivity contribution in [3.63, 3.8) is 0 Å². The zero-order chi connectivity index (χ0) is 14.9. The summed E-state index contributed by atoms with van der Waals surface area (Å²) in [7, 11) is 0. The number of carboxylic acid groups (broad SMARTS) is 1. The van der Waals surface area contributed by atoms with Gasteiger partial charge in [0.15, 0.2) is 0 Å². The van der Waals surface area contributed by atoms with E-state index < -0.39 is 5.97 Å². The molecule has 0 amide bonds. The first-order chi connectivity index (χ1) is 9.27. The smallest absolute Gasteiger partial charge is 0.335 e. The van der Waals surface area contributed by atoms with Crippen LogP contribution in [0.2, 0.25) is 0 Å². The van der Waals surface area contributed by atoms with Crippen molar-refractivity contribution in [2.24, 2.45) is 11.3 Å². The van der Waals surface area contributed by atoms with E-state index in [0.29, 0.717) is 16.9 Å². The summed E-state index contributed by atoms with van der Waals surface area (Å²) in [5, 5.41) is 9.04. The Balaban J connectivity index is 2.10. The molecule has 0 aliphatic heterocycles. The van der Waals surface area contributed by atoms with Gasteiger partial charge in [-0.2, -0.15) is 0 Å². The van der Waals surface area contributed by atoms with Gasteiger partial charge in [0.2, 0.25) is 0 Å². The summed E-state index contributed by atoms with van der Waals surface area (Å²) < 4.78 is 6.08. The predicted molar refractivity (Wildman–Crippen MR) is 79.4 cm³/mol. The van der Waals surface area contributed by atoms with E-state index in [2.05, 4.69) is 20.8 Å². The lowest BCUT2D eigenvalue weighted by molar-refractivity contribution is 0.0562. The molecule has 1 aliphatic carbocycles. The van der Waals surface area contributed by atoms with E-state index in [4.69, 9.17) is 9.84 Å². The summed E-state index contributed by atoms with van der Waals surface area (Å²) >= 11 is 0. The van der Waals surface area contributed by atoms with Crippen molar-refractivity contribution < 1.29 is 14.6 Å². The van der Waals surface area contributed by atoms with Gasteiger partial charge in [0.1, 0.15) is 5.75 Å². The predicted octanol–water partition coefficient (Wildman–Crippen LogP) is 4.29. The normalized spacial score (nSPS) is 25.2. The molecular formula is C17H24O3. The highest BCUT2D eigenvalue weighted by Crippen LogP contribution is 2.40. The van der Waals surface area contributed by atoms with Crippen molar-refractivity contribution in [1.29, 1.82) is 0 Å². The summed E-state index contributed by atoms with van der Waals surface area (Å²) in [4.78, 5) is 11.0. The van der Waals surface area contributed by atoms with E-state index in [1.807, 2.05) is 13.0 Å². The average Bonchev–Trinajstić information content (AvgIpc) is 2.25. The van der Waals surface area contributed by atoms with Crippen molar-refractivity contribution >= 4 is 5.97 Å². The molecule has 0 radical (unpaired) electrons. The number of hydrogen-bond donors (Lipinski definition) is 1. The van der Waals surface area contributed by atoms with E-state index in [9.17, 15) is 4.79 Å². The quantitative estimate of drug-likeness (QED) is 0.896. The number of aromatic carboxylic acids is 1. The van der Waals surface area contributed by atoms with E-state index in [1.54, 1.807) is 12.1 Å². The molecule has 1 saturated carbocycles. The molecule has 3 nitrogen and oxygen atoms in total. The van der Waals surface area contributed by atoms with Crippen LogP contribution in [0.1, 0.15) is 56.0 Å². The summed E-state index contributed by atoms with van der Waals surface area (Å²) in [5.74, 6) is 0.562. The fraction of sp³-hybridized carbons (Fsp3) is 0.588. The molecule has 0 spiro atoms. The molecule has 2 atom stereocenters. The maximum absolute atomic E-state index is 11.0. The number of carbonyl (C=O) groups is 1. The third-order valence-electron chi connectivity index (χ3n) is 4.08. The van der Waals surface area contributed by atoms with Crippen LogP contribution in [0.15, 0.2) is 18.2 Å². The van der Waals surface area contributed by atoms with Gasteiger partial charge >= 0.3 is 5.97 Å². The topological polar surface area (TPSA) is 46.5 Å². The molecule has 0 saturated heterocycles. The molecule has 3 heteroatoms. The molecule has 1 aliphatic rings. The van der Waals surface area contributed by atoms with Gasteiger partial charge in [-0.15, -0.1) is 0 Å². The van der Waals surface area contributed by atoms with Gasteiger partial charge < -0.3 is 9.84 Å². The number of benzene rings is 1. The molecule has 2 rings (SSSR count). The molecule has 110 valence electrons. The number of hydrogen-bond acceptors (Lipinski definition) is 2. The second-order valence-electron chi connectivity index (χ2n) is 6.94. The molecule has 1 aromatic carbocycles. The lowest BCUT2D eigenvalue weighted by atomic mass is 9.71. The maximum Gasteiger partial charge on any atom is 0.335 e. The fourth-order valence-corrected chi connectivity index (χ4v) is 3.49. The zero-order valence-corrected chi connectivity index (χ0v) is 12.8. The van der Waals surface area contributed by atoms with Crippen molar-refractivity contribution in [3.8, 4) is 5.75 Å². The van der Waals surface area contributed by atoms with Crippen LogP contribution in [0.25, 0.3) is 0 Å². The molecule has 1 N–H and O–H groups in total. The van der Waals surface area contributed by atoms with Gasteiger partial charge in [-0.05, 0) is 61.3 Å². The summed E-state index contributed by atoms with van der Waals surface area (Å²) in [5.41, 5.74) is 1.41. The molecule has 0 heterocycles. The summed E-state index contributed by atoms with van der Waals surface area (Å²) in [6, 6.07) is 5.23. The van der Waals surface area contributed by atoms with Crippen molar-refractivity contribution in [2.45, 2.75) is 53.1 Å². The first-order valence-electron chi connectivity index (χ1n) is 7.27. The molecule has 1 aromatic rings. The summed E-state index contributed by atoms with van der Waals surface area (Å²) in [6.45, 7) is 8.66. The highest BCUT2D eigenvalue weighted by molar-refractivity contribution is 5.89. The van der Waals surface area contributed by atoms with Gasteiger partial charge in [-0.3, -0.25) is 0 Å². The Bertz CT molecular complexity index is 505. The lowest BCUT2D eigenvalue weighted by Gasteiger charge is -2.38. The maximum atomic E-state index is 11.0. The minimum absolute atomic E-state index is 0.226. The number of ether oxygens (including phenoxy) is 1. The van der Waals surface area contributed by atoms with E-state index >= 15 is 0 Å². The van der Waals surface area contributed by atoms with Gasteiger partial charge in [0.05, 0.1) is 11.7 Å². The zero-order valence-electron chi connectivity index (χ0n) is 12.8. The molecule has 0 bridgehead atoms. The first kappa shape index (κ1) is 14.9. The van der Waals surface area contributed by atoms with Crippen molar-refractivity contribution in [1.82, 2.24) is 0 Å². The molecule has 2 unspecified atom stereocenters. The van der Waals surface area contributed by atoms with Crippen LogP contribution < -0.4 is 4.74 Å². The fourth-order valence-electron chi connectivity index (χ4n) is 3.49. The summed E-state index contributed by atoms with van der Waals surface area (Å²) in [6.07, 6.45) is 3.59. The van der Waals surface area contributed by atoms with E-state index in [0.717, 1.165) is 24.2 Å². The Labute approximate surface area is 121 Å². The van der Waals surface area contributed by atoms with Crippen LogP contribution in [-0.4, -0.2) is 17.2 Å². The highest BCUT2D eigenvalue weighted by Gasteiger charge is 2.33. The minimum Gasteiger partial charge on any atom is -0.490 e. The van der Waals surface area contributed by atoms with Crippen LogP contribution in [0.4, 0.5) is 0 Å². The Morgan fingerprint density at radius 1 is 1.35 bits per heavy atom. The first-order valence-corrected chi connectivity index (χ1v) is 7.27. The second-order valence-corrected chi connectivity index (χ2v) is 6.94. The molecule has 20 heavy (non-hydrogen) atoms. The highest BCUT2D eigenvalue weighted by atomic mass is 16.5. The number of rotatable bonds is 3. The van der Waals surface area contributed by atoms with Crippen LogP contribution >= 0.6 is 0 Å². The average molecular weight is 276 g/mol. The third-order valence-corrected chi connectivity index (χ3v) is 4.08. The van der Waals surface area contributed by atoms with Crippen LogP contribution in [0, 0.1) is 18.3 Å². The SMILES string of the molecule is Cc1cc(OC2CC(C)CC(C)(C)C2)ccc1C(=O)O. The largest absolute Gasteiger partial charge is 0.490 e. The lowest BCUT2D eigenvalue weighted by Crippen LogP contribution is -2.34. The van der Waals surface area contributed by atoms with Crippen molar-refractivity contribution in [2.75, 3.05) is 0 Å². The second kappa shape index (κ2) is 5.47. The Morgan fingerprint density at radius 3 is 2.60 bits per heavy atom. The van der Waals surface area contributed by atoms with E-state index in [1.165, 1.54) is 6.42 Å². The van der Waals surface area contributed by atoms with Gasteiger partial charge in [-0.25, -0.2) is 4.79 Å². The van der Waals surface area contributed by atoms with Gasteiger partial charge in [0, 0.05) is 0 Å². The molecular weight excluding hydrogens is 252 g/mol. The van der Waals surface area contributed by atoms with Crippen LogP contribution in [-0.2, 0) is 0 Å². The van der Waals surface area contributed by atoms with Gasteiger partial charge in [-0.1, -0.05) is 20.8 Å². The van der Waals surface area contributed by atoms with Crippen molar-refractivity contribution in [3.05, 3.63) is 29.3 Å². The van der Waals surface area contributed by atoms with Crippen LogP contribution in [0.3, 0.4) is 0 Å². The Morgan fingerprint density at radius 2 is 2.05 bits per heavy atom. The monoisotopic (exact) mass is 276 g/mol. The number of carboxylic acids is 1. The minimum atomic E-state index is -0.888. The molecule has 0 aromatic heterocycles. The van der Waals surface area contributed by atoms with E-state index in [-0.39, 0.29) is 6.10 Å². The van der Waals surface area contributed by atoms with Crippen LogP contribution in [0.5, 0.6) is 5.75 Å². The third kappa shape index (κ3) is 3.53. The molecule has 1 fully saturated rings. The standard InChI is InChI=1S/C17H24O3/c1-11-7-14(10-17(3,4)9-11)20-13-5-6-15(16(18)19)12(2)8-13/h5-6,8,11,14H,7,9-10H2,1-4H3,(H,18,19).